The number of nitrogens with one attached hydrogen (secondary N) is 1. The van der Waals surface area contributed by atoms with Crippen molar-refractivity contribution in [2.24, 2.45) is 0 Å². The second-order valence-electron chi connectivity index (χ2n) is 5.90. The molecule has 0 bridgehead atoms. The maximum absolute atomic E-state index is 12.0. The molecule has 0 aliphatic carbocycles. The smallest absolute Gasteiger partial charge is 0.235 e. The third kappa shape index (κ3) is 8.87. The number of rotatable bonds is 10. The number of hydrogen-bond donors (Lipinski definition) is 1. The van der Waals surface area contributed by atoms with Crippen molar-refractivity contribution in [3.05, 3.63) is 33.8 Å². The molecule has 1 aromatic carbocycles. The Morgan fingerprint density at radius 3 is 2.52 bits per heavy atom. The van der Waals surface area contributed by atoms with Gasteiger partial charge >= 0.3 is 0 Å². The lowest BCUT2D eigenvalue weighted by molar-refractivity contribution is -0.121. The molecule has 0 saturated carbocycles. The summed E-state index contributed by atoms with van der Waals surface area (Å²) < 4.78 is 30.4. The average molecular weight is 411 g/mol. The van der Waals surface area contributed by atoms with Crippen molar-refractivity contribution in [1.29, 1.82) is 0 Å². The zero-order valence-corrected chi connectivity index (χ0v) is 16.9. The summed E-state index contributed by atoms with van der Waals surface area (Å²) in [6.07, 6.45) is 1.87. The van der Waals surface area contributed by atoms with Crippen LogP contribution in [0.1, 0.15) is 25.8 Å². The van der Waals surface area contributed by atoms with E-state index in [1.807, 2.05) is 13.8 Å². The number of sulfonamides is 1. The summed E-state index contributed by atoms with van der Waals surface area (Å²) in [5.41, 5.74) is 0.651. The minimum Gasteiger partial charge on any atom is -0.379 e. The van der Waals surface area contributed by atoms with E-state index < -0.39 is 10.0 Å². The van der Waals surface area contributed by atoms with Gasteiger partial charge in [-0.15, -0.1) is 0 Å². The quantitative estimate of drug-likeness (QED) is 0.601. The molecule has 9 heteroatoms. The molecule has 0 heterocycles. The summed E-state index contributed by atoms with van der Waals surface area (Å²) in [4.78, 5) is 12.0. The fraction of sp³-hybridized carbons (Fsp3) is 0.562. The number of halogens is 2. The lowest BCUT2D eigenvalue weighted by Crippen LogP contribution is -2.40. The van der Waals surface area contributed by atoms with Crippen molar-refractivity contribution in [1.82, 2.24) is 9.62 Å². The van der Waals surface area contributed by atoms with Crippen LogP contribution < -0.4 is 5.32 Å². The Morgan fingerprint density at radius 2 is 1.96 bits per heavy atom. The first-order valence-electron chi connectivity index (χ1n) is 7.87. The predicted molar refractivity (Wildman–Crippen MR) is 100 cm³/mol. The molecule has 0 unspecified atom stereocenters. The Kier molecular flexibility index (Phi) is 9.16. The molecule has 1 aromatic rings. The van der Waals surface area contributed by atoms with Crippen molar-refractivity contribution in [3.63, 3.8) is 0 Å². The van der Waals surface area contributed by atoms with Crippen molar-refractivity contribution < 1.29 is 17.9 Å². The molecule has 6 nitrogen and oxygen atoms in total. The first kappa shape index (κ1) is 22.2. The summed E-state index contributed by atoms with van der Waals surface area (Å²) in [5, 5.41) is 3.42. The van der Waals surface area contributed by atoms with Crippen LogP contribution in [-0.4, -0.2) is 50.7 Å². The number of nitrogens with zero attached hydrogens (tertiary/aromatic N) is 1. The molecule has 0 radical (unpaired) electrons. The molecule has 0 aliphatic heterocycles. The molecule has 0 aromatic heterocycles. The summed E-state index contributed by atoms with van der Waals surface area (Å²) in [6, 6.07) is 4.85. The Morgan fingerprint density at radius 1 is 1.28 bits per heavy atom. The topological polar surface area (TPSA) is 75.7 Å². The number of carbonyl (C=O) groups is 1. The SMILES string of the molecule is CC(C)OCCCNC(=O)CN(Cc1ccc(Cl)c(Cl)c1)S(C)(=O)=O. The first-order chi connectivity index (χ1) is 11.6. The van der Waals surface area contributed by atoms with Crippen LogP contribution in [0.5, 0.6) is 0 Å². The van der Waals surface area contributed by atoms with E-state index in [2.05, 4.69) is 5.32 Å². The molecule has 0 spiro atoms. The normalized spacial score (nSPS) is 12.0. The number of hydrogen-bond acceptors (Lipinski definition) is 4. The number of amides is 1. The average Bonchev–Trinajstić information content (AvgIpc) is 2.48. The lowest BCUT2D eigenvalue weighted by atomic mass is 10.2. The van der Waals surface area contributed by atoms with Crippen molar-refractivity contribution in [3.8, 4) is 0 Å². The number of ether oxygens (including phenoxy) is 1. The molecular formula is C16H24Cl2N2O4S. The minimum atomic E-state index is -3.56. The third-order valence-electron chi connectivity index (χ3n) is 3.23. The van der Waals surface area contributed by atoms with Crippen LogP contribution in [0, 0.1) is 0 Å². The first-order valence-corrected chi connectivity index (χ1v) is 10.5. The summed E-state index contributed by atoms with van der Waals surface area (Å²) >= 11 is 11.8. The zero-order chi connectivity index (χ0) is 19.0. The predicted octanol–water partition coefficient (Wildman–Crippen LogP) is 2.69. The Labute approximate surface area is 159 Å². The highest BCUT2D eigenvalue weighted by Crippen LogP contribution is 2.23. The summed E-state index contributed by atoms with van der Waals surface area (Å²) in [7, 11) is -3.56. The van der Waals surface area contributed by atoms with Gasteiger partial charge in [0.05, 0.1) is 28.9 Å². The van der Waals surface area contributed by atoms with Crippen molar-refractivity contribution in [2.45, 2.75) is 32.9 Å². The summed E-state index contributed by atoms with van der Waals surface area (Å²) in [5.74, 6) is -0.366. The van der Waals surface area contributed by atoms with Gasteiger partial charge in [0.1, 0.15) is 0 Å². The molecule has 0 saturated heterocycles. The van der Waals surface area contributed by atoms with E-state index >= 15 is 0 Å². The zero-order valence-electron chi connectivity index (χ0n) is 14.6. The third-order valence-corrected chi connectivity index (χ3v) is 5.16. The van der Waals surface area contributed by atoms with E-state index in [1.54, 1.807) is 18.2 Å². The molecular weight excluding hydrogens is 387 g/mol. The molecule has 0 aliphatic rings. The minimum absolute atomic E-state index is 0.0413. The van der Waals surface area contributed by atoms with E-state index in [4.69, 9.17) is 27.9 Å². The van der Waals surface area contributed by atoms with Crippen LogP contribution in [0.2, 0.25) is 10.0 Å². The highest BCUT2D eigenvalue weighted by molar-refractivity contribution is 7.88. The van der Waals surface area contributed by atoms with E-state index in [9.17, 15) is 13.2 Å². The van der Waals surface area contributed by atoms with Gasteiger partial charge in [-0.25, -0.2) is 8.42 Å². The fourth-order valence-electron chi connectivity index (χ4n) is 1.97. The van der Waals surface area contributed by atoms with Gasteiger partial charge in [-0.3, -0.25) is 4.79 Å². The van der Waals surface area contributed by atoms with Gasteiger partial charge in [-0.1, -0.05) is 29.3 Å². The number of benzene rings is 1. The van der Waals surface area contributed by atoms with Gasteiger partial charge in [0.2, 0.25) is 15.9 Å². The largest absolute Gasteiger partial charge is 0.379 e. The standard InChI is InChI=1S/C16H24Cl2N2O4S/c1-12(2)24-8-4-7-19-16(21)11-20(25(3,22)23)10-13-5-6-14(17)15(18)9-13/h5-6,9,12H,4,7-8,10-11H2,1-3H3,(H,19,21). The number of carbonyl (C=O) groups excluding carboxylic acids is 1. The van der Waals surface area contributed by atoms with Gasteiger partial charge in [0, 0.05) is 19.7 Å². The second-order valence-corrected chi connectivity index (χ2v) is 8.70. The molecule has 1 N–H and O–H groups in total. The lowest BCUT2D eigenvalue weighted by Gasteiger charge is -2.20. The van der Waals surface area contributed by atoms with E-state index in [-0.39, 0.29) is 25.1 Å². The molecule has 142 valence electrons. The molecule has 0 atom stereocenters. The van der Waals surface area contributed by atoms with Crippen molar-refractivity contribution >= 4 is 39.1 Å². The van der Waals surface area contributed by atoms with Crippen LogP contribution in [-0.2, 0) is 26.1 Å². The highest BCUT2D eigenvalue weighted by Gasteiger charge is 2.20. The van der Waals surface area contributed by atoms with Gasteiger partial charge in [0.25, 0.3) is 0 Å². The van der Waals surface area contributed by atoms with Gasteiger partial charge in [-0.2, -0.15) is 4.31 Å². The van der Waals surface area contributed by atoms with Crippen LogP contribution >= 0.6 is 23.2 Å². The Bertz CT molecular complexity index is 681. The molecule has 25 heavy (non-hydrogen) atoms. The summed E-state index contributed by atoms with van der Waals surface area (Å²) in [6.45, 7) is 4.62. The van der Waals surface area contributed by atoms with Gasteiger partial charge in [-0.05, 0) is 38.0 Å². The maximum atomic E-state index is 12.0. The second kappa shape index (κ2) is 10.3. The molecule has 0 fully saturated rings. The van der Waals surface area contributed by atoms with Crippen LogP contribution in [0.25, 0.3) is 0 Å². The monoisotopic (exact) mass is 410 g/mol. The van der Waals surface area contributed by atoms with Crippen molar-refractivity contribution in [2.75, 3.05) is 26.0 Å². The molecule has 1 rings (SSSR count). The highest BCUT2D eigenvalue weighted by atomic mass is 35.5. The van der Waals surface area contributed by atoms with Crippen LogP contribution in [0.3, 0.4) is 0 Å². The molecule has 1 amide bonds. The van der Waals surface area contributed by atoms with E-state index in [0.717, 1.165) is 10.6 Å². The van der Waals surface area contributed by atoms with E-state index in [0.29, 0.717) is 35.2 Å². The Balaban J connectivity index is 2.58. The van der Waals surface area contributed by atoms with Gasteiger partial charge < -0.3 is 10.1 Å². The van der Waals surface area contributed by atoms with Crippen LogP contribution in [0.4, 0.5) is 0 Å². The Hall–Kier alpha value is -0.860. The van der Waals surface area contributed by atoms with Crippen LogP contribution in [0.15, 0.2) is 18.2 Å². The van der Waals surface area contributed by atoms with E-state index in [1.165, 1.54) is 0 Å². The maximum Gasteiger partial charge on any atom is 0.235 e. The fourth-order valence-corrected chi connectivity index (χ4v) is 3.02. The van der Waals surface area contributed by atoms with Gasteiger partial charge in [0.15, 0.2) is 0 Å².